The van der Waals surface area contributed by atoms with E-state index in [0.29, 0.717) is 6.73 Å². The van der Waals surface area contributed by atoms with E-state index < -0.39 is 0 Å². The third-order valence-corrected chi connectivity index (χ3v) is 4.32. The van der Waals surface area contributed by atoms with Crippen molar-refractivity contribution in [3.63, 3.8) is 0 Å². The second kappa shape index (κ2) is 7.33. The molecule has 0 spiro atoms. The SMILES string of the molecule is CN1NN(COc2ccc(-c3ccccc3)cc2)C=C1c1ccccc1. The first-order valence-electron chi connectivity index (χ1n) is 8.62. The molecule has 0 aromatic heterocycles. The van der Waals surface area contributed by atoms with Crippen molar-refractivity contribution in [2.45, 2.75) is 0 Å². The predicted molar refractivity (Wildman–Crippen MR) is 105 cm³/mol. The van der Waals surface area contributed by atoms with Gasteiger partial charge in [0, 0.05) is 18.8 Å². The van der Waals surface area contributed by atoms with E-state index in [2.05, 4.69) is 41.9 Å². The fraction of sp³-hybridized carbons (Fsp3) is 0.0909. The lowest BCUT2D eigenvalue weighted by Gasteiger charge is -2.21. The number of hydrogen-bond donors (Lipinski definition) is 1. The molecule has 0 bridgehead atoms. The van der Waals surface area contributed by atoms with Crippen molar-refractivity contribution >= 4 is 5.70 Å². The third kappa shape index (κ3) is 3.55. The van der Waals surface area contributed by atoms with E-state index in [-0.39, 0.29) is 0 Å². The molecule has 0 atom stereocenters. The minimum Gasteiger partial charge on any atom is -0.472 e. The number of hydrazine groups is 2. The van der Waals surface area contributed by atoms with Crippen molar-refractivity contribution in [3.05, 3.63) is 96.7 Å². The predicted octanol–water partition coefficient (Wildman–Crippen LogP) is 4.36. The molecular weight excluding hydrogens is 322 g/mol. The molecule has 0 saturated heterocycles. The summed E-state index contributed by atoms with van der Waals surface area (Å²) >= 11 is 0. The first kappa shape index (κ1) is 16.2. The zero-order valence-electron chi connectivity index (χ0n) is 14.7. The Morgan fingerprint density at radius 2 is 1.31 bits per heavy atom. The van der Waals surface area contributed by atoms with Gasteiger partial charge in [-0.3, -0.25) is 10.0 Å². The minimum atomic E-state index is 0.422. The maximum atomic E-state index is 5.91. The van der Waals surface area contributed by atoms with Gasteiger partial charge in [-0.05, 0) is 23.3 Å². The molecule has 0 radical (unpaired) electrons. The van der Waals surface area contributed by atoms with Gasteiger partial charge in [0.1, 0.15) is 5.75 Å². The second-order valence-corrected chi connectivity index (χ2v) is 6.17. The van der Waals surface area contributed by atoms with Gasteiger partial charge in [0.15, 0.2) is 6.73 Å². The summed E-state index contributed by atoms with van der Waals surface area (Å²) in [7, 11) is 1.99. The van der Waals surface area contributed by atoms with Crippen LogP contribution in [0.15, 0.2) is 91.1 Å². The lowest BCUT2D eigenvalue weighted by molar-refractivity contribution is 0.0804. The molecule has 130 valence electrons. The Morgan fingerprint density at radius 1 is 0.731 bits per heavy atom. The lowest BCUT2D eigenvalue weighted by Crippen LogP contribution is -2.39. The van der Waals surface area contributed by atoms with Crippen LogP contribution in [0.5, 0.6) is 5.75 Å². The van der Waals surface area contributed by atoms with Gasteiger partial charge in [-0.2, -0.15) is 0 Å². The maximum Gasteiger partial charge on any atom is 0.176 e. The summed E-state index contributed by atoms with van der Waals surface area (Å²) in [6, 6.07) is 28.8. The molecule has 3 aromatic rings. The zero-order chi connectivity index (χ0) is 17.8. The topological polar surface area (TPSA) is 27.7 Å². The molecule has 0 aliphatic carbocycles. The standard InChI is InChI=1S/C22H21N3O/c1-24-22(20-10-6-3-7-11-20)16-25(23-24)17-26-21-14-12-19(13-15-21)18-8-4-2-5-9-18/h2-16,23H,17H2,1H3. The quantitative estimate of drug-likeness (QED) is 0.745. The van der Waals surface area contributed by atoms with E-state index in [1.165, 1.54) is 11.1 Å². The molecule has 0 unspecified atom stereocenters. The van der Waals surface area contributed by atoms with Crippen LogP contribution in [-0.2, 0) is 0 Å². The Labute approximate surface area is 153 Å². The highest BCUT2D eigenvalue weighted by atomic mass is 16.5. The van der Waals surface area contributed by atoms with Gasteiger partial charge in [-0.1, -0.05) is 72.8 Å². The van der Waals surface area contributed by atoms with Crippen LogP contribution >= 0.6 is 0 Å². The van der Waals surface area contributed by atoms with Gasteiger partial charge < -0.3 is 4.74 Å². The van der Waals surface area contributed by atoms with Crippen LogP contribution in [0, 0.1) is 0 Å². The number of benzene rings is 3. The van der Waals surface area contributed by atoms with Crippen molar-refractivity contribution in [2.75, 3.05) is 13.8 Å². The van der Waals surface area contributed by atoms with Crippen molar-refractivity contribution < 1.29 is 4.74 Å². The molecule has 1 N–H and O–H groups in total. The van der Waals surface area contributed by atoms with Gasteiger partial charge in [0.05, 0.1) is 5.70 Å². The Morgan fingerprint density at radius 3 is 1.96 bits per heavy atom. The van der Waals surface area contributed by atoms with Crippen LogP contribution in [0.2, 0.25) is 0 Å². The zero-order valence-corrected chi connectivity index (χ0v) is 14.7. The van der Waals surface area contributed by atoms with Crippen LogP contribution in [-0.4, -0.2) is 23.8 Å². The van der Waals surface area contributed by atoms with E-state index in [1.807, 2.05) is 71.8 Å². The molecule has 1 heterocycles. The van der Waals surface area contributed by atoms with Crippen LogP contribution in [0.4, 0.5) is 0 Å². The first-order chi connectivity index (χ1) is 12.8. The molecule has 3 aromatic carbocycles. The second-order valence-electron chi connectivity index (χ2n) is 6.17. The fourth-order valence-corrected chi connectivity index (χ4v) is 2.97. The molecule has 4 nitrogen and oxygen atoms in total. The van der Waals surface area contributed by atoms with Gasteiger partial charge >= 0.3 is 0 Å². The number of nitrogens with zero attached hydrogens (tertiary/aromatic N) is 2. The van der Waals surface area contributed by atoms with Crippen LogP contribution in [0.1, 0.15) is 5.56 Å². The van der Waals surface area contributed by atoms with Crippen molar-refractivity contribution in [2.24, 2.45) is 0 Å². The summed E-state index contributed by atoms with van der Waals surface area (Å²) in [6.45, 7) is 0.422. The van der Waals surface area contributed by atoms with Crippen LogP contribution in [0.3, 0.4) is 0 Å². The largest absolute Gasteiger partial charge is 0.472 e. The first-order valence-corrected chi connectivity index (χ1v) is 8.62. The Hall–Kier alpha value is -3.24. The molecule has 0 saturated carbocycles. The van der Waals surface area contributed by atoms with E-state index in [9.17, 15) is 0 Å². The van der Waals surface area contributed by atoms with Crippen LogP contribution < -0.4 is 10.3 Å². The van der Waals surface area contributed by atoms with Crippen molar-refractivity contribution in [3.8, 4) is 16.9 Å². The Bertz CT molecular complexity index is 876. The van der Waals surface area contributed by atoms with Gasteiger partial charge in [-0.15, -0.1) is 5.53 Å². The molecule has 1 aliphatic rings. The van der Waals surface area contributed by atoms with E-state index >= 15 is 0 Å². The van der Waals surface area contributed by atoms with Crippen molar-refractivity contribution in [1.82, 2.24) is 15.6 Å². The molecular formula is C22H21N3O. The smallest absolute Gasteiger partial charge is 0.176 e. The van der Waals surface area contributed by atoms with Crippen LogP contribution in [0.25, 0.3) is 16.8 Å². The number of rotatable bonds is 5. The molecule has 0 amide bonds. The summed E-state index contributed by atoms with van der Waals surface area (Å²) in [4.78, 5) is 0. The number of ether oxygens (including phenoxy) is 1. The average Bonchev–Trinajstić information content (AvgIpc) is 3.09. The molecule has 0 fully saturated rings. The maximum absolute atomic E-state index is 5.91. The van der Waals surface area contributed by atoms with Crippen molar-refractivity contribution in [1.29, 1.82) is 0 Å². The van der Waals surface area contributed by atoms with E-state index in [1.54, 1.807) is 0 Å². The molecule has 26 heavy (non-hydrogen) atoms. The monoisotopic (exact) mass is 343 g/mol. The number of hydrogen-bond acceptors (Lipinski definition) is 4. The highest BCUT2D eigenvalue weighted by Gasteiger charge is 2.18. The average molecular weight is 343 g/mol. The molecule has 1 aliphatic heterocycles. The minimum absolute atomic E-state index is 0.422. The fourth-order valence-electron chi connectivity index (χ4n) is 2.97. The van der Waals surface area contributed by atoms with Gasteiger partial charge in [-0.25, -0.2) is 0 Å². The summed E-state index contributed by atoms with van der Waals surface area (Å²) in [5, 5.41) is 3.91. The Kier molecular flexibility index (Phi) is 4.58. The molecule has 4 rings (SSSR count). The third-order valence-electron chi connectivity index (χ3n) is 4.32. The highest BCUT2D eigenvalue weighted by Crippen LogP contribution is 2.23. The van der Waals surface area contributed by atoms with Gasteiger partial charge in [0.2, 0.25) is 0 Å². The summed E-state index contributed by atoms with van der Waals surface area (Å²) in [5.41, 5.74) is 7.92. The van der Waals surface area contributed by atoms with Gasteiger partial charge in [0.25, 0.3) is 0 Å². The Balaban J connectivity index is 1.39. The van der Waals surface area contributed by atoms with E-state index in [0.717, 1.165) is 17.0 Å². The highest BCUT2D eigenvalue weighted by molar-refractivity contribution is 5.64. The number of nitrogens with one attached hydrogen (secondary N) is 1. The lowest BCUT2D eigenvalue weighted by atomic mass is 10.1. The van der Waals surface area contributed by atoms with E-state index in [4.69, 9.17) is 4.74 Å². The molecule has 4 heteroatoms. The summed E-state index contributed by atoms with van der Waals surface area (Å²) in [5.74, 6) is 0.843. The summed E-state index contributed by atoms with van der Waals surface area (Å²) < 4.78 is 5.91. The normalized spacial score (nSPS) is 13.7. The summed E-state index contributed by atoms with van der Waals surface area (Å²) in [6.07, 6.45) is 2.05.